The summed E-state index contributed by atoms with van der Waals surface area (Å²) >= 11 is 0. The van der Waals surface area contributed by atoms with E-state index in [1.165, 1.54) is 12.1 Å². The number of amides is 3. The molecule has 1 heterocycles. The van der Waals surface area contributed by atoms with Gasteiger partial charge in [0.05, 0.1) is 16.8 Å². The normalized spacial score (nSPS) is 20.9. The number of carbonyl (C=O) groups excluding carboxylic acids is 4. The number of nitro groups is 1. The minimum Gasteiger partial charge on any atom is -0.454 e. The van der Waals surface area contributed by atoms with Gasteiger partial charge in [-0.15, -0.1) is 0 Å². The van der Waals surface area contributed by atoms with Crippen LogP contribution >= 0.6 is 0 Å². The summed E-state index contributed by atoms with van der Waals surface area (Å²) in [5.41, 5.74) is 0.225. The lowest BCUT2D eigenvalue weighted by molar-refractivity contribution is -0.384. The van der Waals surface area contributed by atoms with E-state index in [1.807, 2.05) is 0 Å². The zero-order valence-electron chi connectivity index (χ0n) is 15.9. The molecule has 0 spiro atoms. The molecule has 154 valence electrons. The minimum absolute atomic E-state index is 0.0209. The monoisotopic (exact) mass is 403 g/mol. The second-order valence-corrected chi connectivity index (χ2v) is 7.20. The molecule has 1 N–H and O–H groups in total. The number of imide groups is 1. The van der Waals surface area contributed by atoms with Crippen molar-refractivity contribution in [1.29, 1.82) is 0 Å². The molecule has 3 rings (SSSR count). The number of hydrogen-bond acceptors (Lipinski definition) is 7. The van der Waals surface area contributed by atoms with Crippen LogP contribution < -0.4 is 5.32 Å². The molecule has 10 heteroatoms. The van der Waals surface area contributed by atoms with Crippen molar-refractivity contribution in [3.63, 3.8) is 0 Å². The summed E-state index contributed by atoms with van der Waals surface area (Å²) in [7, 11) is 0. The molecule has 29 heavy (non-hydrogen) atoms. The summed E-state index contributed by atoms with van der Waals surface area (Å²) in [4.78, 5) is 60.2. The van der Waals surface area contributed by atoms with Gasteiger partial charge in [0, 0.05) is 6.07 Å². The summed E-state index contributed by atoms with van der Waals surface area (Å²) in [5, 5.41) is 13.4. The van der Waals surface area contributed by atoms with Gasteiger partial charge in [0.1, 0.15) is 12.2 Å². The molecule has 1 saturated carbocycles. The van der Waals surface area contributed by atoms with Crippen molar-refractivity contribution in [2.75, 3.05) is 18.5 Å². The molecule has 1 saturated heterocycles. The average molecular weight is 403 g/mol. The lowest BCUT2D eigenvalue weighted by Gasteiger charge is -2.19. The van der Waals surface area contributed by atoms with Crippen molar-refractivity contribution in [3.05, 3.63) is 33.9 Å². The van der Waals surface area contributed by atoms with Crippen LogP contribution in [0.3, 0.4) is 0 Å². The largest absolute Gasteiger partial charge is 0.454 e. The fourth-order valence-corrected chi connectivity index (χ4v) is 3.85. The zero-order valence-corrected chi connectivity index (χ0v) is 15.9. The first-order valence-electron chi connectivity index (χ1n) is 9.34. The Kier molecular flexibility index (Phi) is 5.90. The molecular weight excluding hydrogens is 382 g/mol. The number of fused-ring (bicyclic) bond motifs is 1. The smallest absolute Gasteiger partial charge is 0.326 e. The van der Waals surface area contributed by atoms with Crippen LogP contribution in [0.1, 0.15) is 31.2 Å². The van der Waals surface area contributed by atoms with Crippen molar-refractivity contribution in [2.24, 2.45) is 11.8 Å². The van der Waals surface area contributed by atoms with Gasteiger partial charge in [-0.25, -0.2) is 0 Å². The number of hydrogen-bond donors (Lipinski definition) is 1. The number of nitrogens with one attached hydrogen (secondary N) is 1. The molecule has 1 aliphatic heterocycles. The summed E-state index contributed by atoms with van der Waals surface area (Å²) in [6.07, 6.45) is 3.03. The van der Waals surface area contributed by atoms with E-state index in [-0.39, 0.29) is 35.0 Å². The number of nitro benzene ring substituents is 1. The van der Waals surface area contributed by atoms with Crippen molar-refractivity contribution in [1.82, 2.24) is 4.90 Å². The third kappa shape index (κ3) is 4.25. The Morgan fingerprint density at radius 2 is 1.83 bits per heavy atom. The van der Waals surface area contributed by atoms with Crippen LogP contribution in [-0.2, 0) is 23.9 Å². The van der Waals surface area contributed by atoms with E-state index in [4.69, 9.17) is 4.74 Å². The van der Waals surface area contributed by atoms with Crippen LogP contribution in [-0.4, -0.2) is 46.7 Å². The zero-order chi connectivity index (χ0) is 21.1. The maximum atomic E-state index is 12.4. The Balaban J connectivity index is 1.55. The van der Waals surface area contributed by atoms with Crippen LogP contribution in [0.2, 0.25) is 0 Å². The number of benzene rings is 1. The number of carbonyl (C=O) groups is 4. The molecule has 0 radical (unpaired) electrons. The Hall–Kier alpha value is -3.30. The van der Waals surface area contributed by atoms with E-state index >= 15 is 0 Å². The van der Waals surface area contributed by atoms with Crippen LogP contribution in [0.5, 0.6) is 0 Å². The number of aryl methyl sites for hydroxylation is 1. The molecule has 2 aliphatic rings. The van der Waals surface area contributed by atoms with Crippen LogP contribution in [0.15, 0.2) is 18.2 Å². The van der Waals surface area contributed by atoms with Crippen LogP contribution in [0.25, 0.3) is 0 Å². The van der Waals surface area contributed by atoms with E-state index in [1.54, 1.807) is 13.0 Å². The quantitative estimate of drug-likeness (QED) is 0.329. The highest BCUT2D eigenvalue weighted by atomic mass is 16.6. The number of ether oxygens (including phenoxy) is 1. The molecule has 0 unspecified atom stereocenters. The lowest BCUT2D eigenvalue weighted by atomic mass is 9.81. The Morgan fingerprint density at radius 3 is 2.41 bits per heavy atom. The summed E-state index contributed by atoms with van der Waals surface area (Å²) in [6, 6.07) is 4.34. The third-order valence-corrected chi connectivity index (χ3v) is 5.30. The van der Waals surface area contributed by atoms with Gasteiger partial charge in [0.2, 0.25) is 11.8 Å². The second-order valence-electron chi connectivity index (χ2n) is 7.20. The van der Waals surface area contributed by atoms with Gasteiger partial charge in [0.15, 0.2) is 6.61 Å². The lowest BCUT2D eigenvalue weighted by Crippen LogP contribution is -2.37. The number of likely N-dealkylation sites (tertiary alicyclic amines) is 1. The van der Waals surface area contributed by atoms with Gasteiger partial charge in [-0.2, -0.15) is 0 Å². The molecule has 0 bridgehead atoms. The summed E-state index contributed by atoms with van der Waals surface area (Å²) in [6.45, 7) is 0.370. The maximum Gasteiger partial charge on any atom is 0.326 e. The first-order valence-corrected chi connectivity index (χ1v) is 9.34. The van der Waals surface area contributed by atoms with Crippen molar-refractivity contribution >= 4 is 35.1 Å². The van der Waals surface area contributed by atoms with Crippen molar-refractivity contribution < 1.29 is 28.8 Å². The highest BCUT2D eigenvalue weighted by molar-refractivity contribution is 6.07. The highest BCUT2D eigenvalue weighted by Crippen LogP contribution is 2.37. The Morgan fingerprint density at radius 1 is 1.21 bits per heavy atom. The second kappa shape index (κ2) is 8.38. The molecule has 0 aromatic heterocycles. The van der Waals surface area contributed by atoms with E-state index in [0.29, 0.717) is 18.4 Å². The summed E-state index contributed by atoms with van der Waals surface area (Å²) in [5.74, 6) is -3.11. The van der Waals surface area contributed by atoms with Gasteiger partial charge in [-0.1, -0.05) is 25.0 Å². The SMILES string of the molecule is Cc1cccc([N+](=O)[O-])c1NC(=O)COC(=O)CN1C(=O)[C@@H]2CCCC[C@H]2C1=O. The van der Waals surface area contributed by atoms with E-state index in [2.05, 4.69) is 5.32 Å². The number of para-hydroxylation sites is 1. The van der Waals surface area contributed by atoms with Crippen LogP contribution in [0, 0.1) is 28.9 Å². The first kappa shape index (κ1) is 20.4. The molecular formula is C19H21N3O7. The predicted octanol–water partition coefficient (Wildman–Crippen LogP) is 1.56. The van der Waals surface area contributed by atoms with Crippen molar-refractivity contribution in [2.45, 2.75) is 32.6 Å². The van der Waals surface area contributed by atoms with E-state index < -0.39 is 30.0 Å². The highest BCUT2D eigenvalue weighted by Gasteiger charge is 2.48. The molecule has 3 amide bonds. The standard InChI is InChI=1S/C19H21N3O7/c1-11-5-4-8-14(22(27)28)17(11)20-15(23)10-29-16(24)9-21-18(25)12-6-2-3-7-13(12)19(21)26/h4-5,8,12-13H,2-3,6-7,9-10H2,1H3,(H,20,23)/t12-,13-/m1/s1. The molecule has 1 aliphatic carbocycles. The van der Waals surface area contributed by atoms with Crippen LogP contribution in [0.4, 0.5) is 11.4 Å². The Labute approximate surface area is 166 Å². The number of rotatable bonds is 6. The number of anilines is 1. The fourth-order valence-electron chi connectivity index (χ4n) is 3.85. The van der Waals surface area contributed by atoms with E-state index in [9.17, 15) is 29.3 Å². The average Bonchev–Trinajstić information content (AvgIpc) is 2.93. The van der Waals surface area contributed by atoms with Gasteiger partial charge in [0.25, 0.3) is 11.6 Å². The predicted molar refractivity (Wildman–Crippen MR) is 99.6 cm³/mol. The van der Waals surface area contributed by atoms with Gasteiger partial charge >= 0.3 is 5.97 Å². The molecule has 1 aromatic rings. The van der Waals surface area contributed by atoms with E-state index in [0.717, 1.165) is 17.7 Å². The van der Waals surface area contributed by atoms with Crippen molar-refractivity contribution in [3.8, 4) is 0 Å². The van der Waals surface area contributed by atoms with Gasteiger partial charge < -0.3 is 10.1 Å². The third-order valence-electron chi connectivity index (χ3n) is 5.30. The molecule has 1 aromatic carbocycles. The number of nitrogens with zero attached hydrogens (tertiary/aromatic N) is 2. The summed E-state index contributed by atoms with van der Waals surface area (Å²) < 4.78 is 4.86. The molecule has 10 nitrogen and oxygen atoms in total. The fraction of sp³-hybridized carbons (Fsp3) is 0.474. The molecule has 2 fully saturated rings. The van der Waals surface area contributed by atoms with Gasteiger partial charge in [-0.3, -0.25) is 34.2 Å². The topological polar surface area (TPSA) is 136 Å². The molecule has 2 atom stereocenters. The maximum absolute atomic E-state index is 12.4. The van der Waals surface area contributed by atoms with Gasteiger partial charge in [-0.05, 0) is 25.3 Å². The first-order chi connectivity index (χ1) is 13.8. The number of esters is 1. The Bertz CT molecular complexity index is 859. The minimum atomic E-state index is -0.889.